The second-order valence-corrected chi connectivity index (χ2v) is 4.46. The van der Waals surface area contributed by atoms with Crippen molar-refractivity contribution in [3.05, 3.63) is 59.0 Å². The minimum atomic E-state index is -4.33. The largest absolute Gasteiger partial charge is 0.465 e. The van der Waals surface area contributed by atoms with Crippen LogP contribution in [0.4, 0.5) is 13.2 Å². The Labute approximate surface area is 109 Å². The molecule has 0 bridgehead atoms. The first-order chi connectivity index (χ1) is 8.86. The highest BCUT2D eigenvalue weighted by Gasteiger charge is 2.30. The van der Waals surface area contributed by atoms with Crippen LogP contribution >= 0.6 is 0 Å². The Morgan fingerprint density at radius 3 is 2.53 bits per heavy atom. The molecule has 0 radical (unpaired) electrons. The molecule has 0 spiro atoms. The molecule has 19 heavy (non-hydrogen) atoms. The van der Waals surface area contributed by atoms with Gasteiger partial charge in [-0.25, -0.2) is 0 Å². The van der Waals surface area contributed by atoms with Crippen molar-refractivity contribution in [1.29, 1.82) is 0 Å². The van der Waals surface area contributed by atoms with Crippen LogP contribution in [0.1, 0.15) is 28.7 Å². The Bertz CT molecular complexity index is 560. The first-order valence-electron chi connectivity index (χ1n) is 5.84. The third kappa shape index (κ3) is 3.38. The Morgan fingerprint density at radius 1 is 1.21 bits per heavy atom. The number of benzene rings is 1. The van der Waals surface area contributed by atoms with Gasteiger partial charge in [0.25, 0.3) is 0 Å². The van der Waals surface area contributed by atoms with E-state index in [0.29, 0.717) is 17.7 Å². The Kier molecular flexibility index (Phi) is 3.66. The molecule has 0 aliphatic carbocycles. The van der Waals surface area contributed by atoms with Gasteiger partial charge in [0, 0.05) is 0 Å². The van der Waals surface area contributed by atoms with E-state index in [-0.39, 0.29) is 0 Å². The molecular formula is C14H14F3NO. The lowest BCUT2D eigenvalue weighted by Gasteiger charge is -2.11. The van der Waals surface area contributed by atoms with Gasteiger partial charge in [-0.2, -0.15) is 13.2 Å². The van der Waals surface area contributed by atoms with E-state index in [1.165, 1.54) is 6.07 Å². The summed E-state index contributed by atoms with van der Waals surface area (Å²) in [5.41, 5.74) is 5.80. The van der Waals surface area contributed by atoms with Crippen molar-refractivity contribution >= 4 is 0 Å². The lowest BCUT2D eigenvalue weighted by atomic mass is 10.0. The molecule has 0 aliphatic rings. The molecule has 0 amide bonds. The zero-order valence-corrected chi connectivity index (χ0v) is 10.4. The van der Waals surface area contributed by atoms with Crippen molar-refractivity contribution in [2.75, 3.05) is 0 Å². The van der Waals surface area contributed by atoms with Gasteiger partial charge >= 0.3 is 6.18 Å². The van der Waals surface area contributed by atoms with Crippen molar-refractivity contribution in [3.8, 4) is 0 Å². The zero-order chi connectivity index (χ0) is 14.0. The summed E-state index contributed by atoms with van der Waals surface area (Å²) in [6, 6.07) is 8.26. The van der Waals surface area contributed by atoms with Crippen molar-refractivity contribution in [2.45, 2.75) is 25.6 Å². The second-order valence-electron chi connectivity index (χ2n) is 4.46. The predicted molar refractivity (Wildman–Crippen MR) is 65.5 cm³/mol. The van der Waals surface area contributed by atoms with Gasteiger partial charge in [-0.1, -0.05) is 18.2 Å². The highest BCUT2D eigenvalue weighted by molar-refractivity contribution is 5.27. The SMILES string of the molecule is Cc1ccc(C(N)Cc2cccc(C(F)(F)F)c2)o1. The normalized spacial score (nSPS) is 13.5. The topological polar surface area (TPSA) is 39.2 Å². The molecule has 0 saturated carbocycles. The van der Waals surface area contributed by atoms with E-state index in [9.17, 15) is 13.2 Å². The molecule has 1 aromatic carbocycles. The summed E-state index contributed by atoms with van der Waals surface area (Å²) in [7, 11) is 0. The van der Waals surface area contributed by atoms with Crippen molar-refractivity contribution in [2.24, 2.45) is 5.73 Å². The predicted octanol–water partition coefficient (Wildman–Crippen LogP) is 3.85. The number of rotatable bonds is 3. The fourth-order valence-corrected chi connectivity index (χ4v) is 1.88. The maximum absolute atomic E-state index is 12.6. The summed E-state index contributed by atoms with van der Waals surface area (Å²) in [5, 5.41) is 0. The van der Waals surface area contributed by atoms with Crippen LogP contribution in [0, 0.1) is 6.92 Å². The third-order valence-corrected chi connectivity index (χ3v) is 2.84. The molecule has 2 N–H and O–H groups in total. The lowest BCUT2D eigenvalue weighted by molar-refractivity contribution is -0.137. The van der Waals surface area contributed by atoms with Crippen LogP contribution in [0.15, 0.2) is 40.8 Å². The van der Waals surface area contributed by atoms with Crippen LogP contribution in [0.2, 0.25) is 0 Å². The molecular weight excluding hydrogens is 255 g/mol. The molecule has 2 nitrogen and oxygen atoms in total. The molecule has 0 fully saturated rings. The number of furan rings is 1. The second kappa shape index (κ2) is 5.09. The van der Waals surface area contributed by atoms with E-state index in [2.05, 4.69) is 0 Å². The quantitative estimate of drug-likeness (QED) is 0.919. The van der Waals surface area contributed by atoms with E-state index < -0.39 is 17.8 Å². The number of hydrogen-bond donors (Lipinski definition) is 1. The molecule has 102 valence electrons. The lowest BCUT2D eigenvalue weighted by Crippen LogP contribution is -2.13. The van der Waals surface area contributed by atoms with Gasteiger partial charge in [-0.15, -0.1) is 0 Å². The van der Waals surface area contributed by atoms with E-state index in [0.717, 1.165) is 17.9 Å². The third-order valence-electron chi connectivity index (χ3n) is 2.84. The van der Waals surface area contributed by atoms with E-state index in [1.54, 1.807) is 25.1 Å². The Morgan fingerprint density at radius 2 is 1.95 bits per heavy atom. The molecule has 0 saturated heterocycles. The standard InChI is InChI=1S/C14H14F3NO/c1-9-5-6-13(19-9)12(18)8-10-3-2-4-11(7-10)14(15,16)17/h2-7,12H,8,18H2,1H3. The summed E-state index contributed by atoms with van der Waals surface area (Å²) in [4.78, 5) is 0. The number of nitrogens with two attached hydrogens (primary N) is 1. The summed E-state index contributed by atoms with van der Waals surface area (Å²) in [6.45, 7) is 1.79. The maximum Gasteiger partial charge on any atom is 0.416 e. The van der Waals surface area contributed by atoms with Gasteiger partial charge < -0.3 is 10.2 Å². The molecule has 1 aromatic heterocycles. The zero-order valence-electron chi connectivity index (χ0n) is 10.4. The molecule has 1 heterocycles. The van der Waals surface area contributed by atoms with Crippen LogP contribution in [-0.4, -0.2) is 0 Å². The van der Waals surface area contributed by atoms with Crippen molar-refractivity contribution < 1.29 is 17.6 Å². The fraction of sp³-hybridized carbons (Fsp3) is 0.286. The number of alkyl halides is 3. The Hall–Kier alpha value is -1.75. The molecule has 2 aromatic rings. The first kappa shape index (κ1) is 13.7. The number of halogens is 3. The summed E-state index contributed by atoms with van der Waals surface area (Å²) >= 11 is 0. The van der Waals surface area contributed by atoms with Crippen LogP contribution in [0.25, 0.3) is 0 Å². The Balaban J connectivity index is 2.15. The highest BCUT2D eigenvalue weighted by Crippen LogP contribution is 2.30. The van der Waals surface area contributed by atoms with Gasteiger partial charge in [0.2, 0.25) is 0 Å². The van der Waals surface area contributed by atoms with Gasteiger partial charge in [0.15, 0.2) is 0 Å². The van der Waals surface area contributed by atoms with Gasteiger partial charge in [-0.3, -0.25) is 0 Å². The van der Waals surface area contributed by atoms with Crippen LogP contribution < -0.4 is 5.73 Å². The average Bonchev–Trinajstić information content (AvgIpc) is 2.75. The monoisotopic (exact) mass is 269 g/mol. The maximum atomic E-state index is 12.6. The molecule has 1 atom stereocenters. The van der Waals surface area contributed by atoms with Crippen LogP contribution in [0.3, 0.4) is 0 Å². The smallest absolute Gasteiger partial charge is 0.416 e. The molecule has 1 unspecified atom stereocenters. The average molecular weight is 269 g/mol. The number of aryl methyl sites for hydroxylation is 1. The van der Waals surface area contributed by atoms with E-state index in [4.69, 9.17) is 10.2 Å². The molecule has 5 heteroatoms. The van der Waals surface area contributed by atoms with E-state index >= 15 is 0 Å². The minimum Gasteiger partial charge on any atom is -0.465 e. The first-order valence-corrected chi connectivity index (χ1v) is 5.84. The van der Waals surface area contributed by atoms with Crippen LogP contribution in [-0.2, 0) is 12.6 Å². The highest BCUT2D eigenvalue weighted by atomic mass is 19.4. The van der Waals surface area contributed by atoms with Gasteiger partial charge in [-0.05, 0) is 37.1 Å². The molecule has 0 aliphatic heterocycles. The molecule has 2 rings (SSSR count). The van der Waals surface area contributed by atoms with Crippen LogP contribution in [0.5, 0.6) is 0 Å². The summed E-state index contributed by atoms with van der Waals surface area (Å²) < 4.78 is 43.1. The fourth-order valence-electron chi connectivity index (χ4n) is 1.88. The number of hydrogen-bond acceptors (Lipinski definition) is 2. The van der Waals surface area contributed by atoms with E-state index in [1.807, 2.05) is 0 Å². The van der Waals surface area contributed by atoms with Crippen molar-refractivity contribution in [3.63, 3.8) is 0 Å². The van der Waals surface area contributed by atoms with Crippen molar-refractivity contribution in [1.82, 2.24) is 0 Å². The summed E-state index contributed by atoms with van der Waals surface area (Å²) in [6.07, 6.45) is -4.03. The minimum absolute atomic E-state index is 0.302. The summed E-state index contributed by atoms with van der Waals surface area (Å²) in [5.74, 6) is 1.31. The van der Waals surface area contributed by atoms with Gasteiger partial charge in [0.1, 0.15) is 11.5 Å². The van der Waals surface area contributed by atoms with Gasteiger partial charge in [0.05, 0.1) is 11.6 Å².